The lowest BCUT2D eigenvalue weighted by atomic mass is 9.82. The van der Waals surface area contributed by atoms with Crippen molar-refractivity contribution < 1.29 is 5.11 Å². The van der Waals surface area contributed by atoms with Crippen molar-refractivity contribution >= 4 is 5.82 Å². The van der Waals surface area contributed by atoms with Gasteiger partial charge in [0, 0.05) is 42.8 Å². The molecule has 0 radical (unpaired) electrons. The lowest BCUT2D eigenvalue weighted by Gasteiger charge is -2.35. The summed E-state index contributed by atoms with van der Waals surface area (Å²) >= 11 is 0. The van der Waals surface area contributed by atoms with Crippen LogP contribution >= 0.6 is 0 Å². The van der Waals surface area contributed by atoms with E-state index in [9.17, 15) is 5.11 Å². The third-order valence-corrected chi connectivity index (χ3v) is 4.41. The fourth-order valence-electron chi connectivity index (χ4n) is 2.94. The van der Waals surface area contributed by atoms with Crippen LogP contribution in [0.1, 0.15) is 24.1 Å². The number of aryl methyl sites for hydroxylation is 1. The summed E-state index contributed by atoms with van der Waals surface area (Å²) in [5.74, 6) is 2.26. The van der Waals surface area contributed by atoms with Gasteiger partial charge in [-0.25, -0.2) is 9.97 Å². The average Bonchev–Trinajstić information content (AvgIpc) is 2.49. The van der Waals surface area contributed by atoms with E-state index >= 15 is 0 Å². The van der Waals surface area contributed by atoms with Gasteiger partial charge in [-0.3, -0.25) is 4.98 Å². The van der Waals surface area contributed by atoms with Gasteiger partial charge in [-0.15, -0.1) is 0 Å². The molecule has 0 bridgehead atoms. The van der Waals surface area contributed by atoms with Crippen molar-refractivity contribution in [2.75, 3.05) is 18.5 Å². The molecule has 0 atom stereocenters. The SMILES string of the molecule is Cc1nc(-c2ccncc2)nc(N(C)CC2CC(O)C2)c1C. The summed E-state index contributed by atoms with van der Waals surface area (Å²) in [6, 6.07) is 3.85. The quantitative estimate of drug-likeness (QED) is 0.939. The maximum Gasteiger partial charge on any atom is 0.161 e. The van der Waals surface area contributed by atoms with Crippen LogP contribution in [-0.4, -0.2) is 39.8 Å². The molecule has 2 aromatic heterocycles. The molecule has 0 saturated heterocycles. The Bertz CT molecular complexity index is 653. The Kier molecular flexibility index (Phi) is 4.07. The lowest BCUT2D eigenvalue weighted by molar-refractivity contribution is 0.0464. The first-order chi connectivity index (χ1) is 10.5. The Hall–Kier alpha value is -2.01. The molecule has 116 valence electrons. The Labute approximate surface area is 131 Å². The summed E-state index contributed by atoms with van der Waals surface area (Å²) in [5.41, 5.74) is 3.09. The summed E-state index contributed by atoms with van der Waals surface area (Å²) in [6.07, 6.45) is 5.19. The Balaban J connectivity index is 1.88. The minimum absolute atomic E-state index is 0.112. The van der Waals surface area contributed by atoms with Gasteiger partial charge >= 0.3 is 0 Å². The van der Waals surface area contributed by atoms with Gasteiger partial charge in [0.1, 0.15) is 5.82 Å². The Morgan fingerprint density at radius 1 is 1.18 bits per heavy atom. The molecule has 22 heavy (non-hydrogen) atoms. The van der Waals surface area contributed by atoms with Crippen molar-refractivity contribution in [2.24, 2.45) is 5.92 Å². The van der Waals surface area contributed by atoms with Gasteiger partial charge in [0.2, 0.25) is 0 Å². The van der Waals surface area contributed by atoms with E-state index in [0.717, 1.165) is 47.8 Å². The summed E-state index contributed by atoms with van der Waals surface area (Å²) in [4.78, 5) is 15.6. The van der Waals surface area contributed by atoms with Gasteiger partial charge in [0.05, 0.1) is 6.10 Å². The van der Waals surface area contributed by atoms with Crippen molar-refractivity contribution in [3.8, 4) is 11.4 Å². The molecule has 5 heteroatoms. The molecule has 1 N–H and O–H groups in total. The molecule has 0 aromatic carbocycles. The second-order valence-electron chi connectivity index (χ2n) is 6.19. The van der Waals surface area contributed by atoms with Crippen molar-refractivity contribution in [2.45, 2.75) is 32.8 Å². The van der Waals surface area contributed by atoms with E-state index in [1.54, 1.807) is 12.4 Å². The number of aliphatic hydroxyl groups is 1. The Morgan fingerprint density at radius 2 is 1.86 bits per heavy atom. The molecule has 0 amide bonds. The second-order valence-corrected chi connectivity index (χ2v) is 6.19. The molecule has 2 aromatic rings. The van der Waals surface area contributed by atoms with Crippen LogP contribution in [0.2, 0.25) is 0 Å². The lowest BCUT2D eigenvalue weighted by Crippen LogP contribution is -2.37. The molecule has 1 saturated carbocycles. The van der Waals surface area contributed by atoms with Gasteiger partial charge in [-0.05, 0) is 44.7 Å². The molecule has 5 nitrogen and oxygen atoms in total. The van der Waals surface area contributed by atoms with E-state index in [1.165, 1.54) is 0 Å². The summed E-state index contributed by atoms with van der Waals surface area (Å²) in [6.45, 7) is 5.00. The number of aromatic nitrogens is 3. The third kappa shape index (κ3) is 2.95. The van der Waals surface area contributed by atoms with E-state index in [0.29, 0.717) is 5.92 Å². The van der Waals surface area contributed by atoms with Crippen LogP contribution < -0.4 is 4.90 Å². The van der Waals surface area contributed by atoms with Crippen LogP contribution in [0.4, 0.5) is 5.82 Å². The molecule has 1 fully saturated rings. The smallest absolute Gasteiger partial charge is 0.161 e. The molecule has 3 rings (SSSR count). The summed E-state index contributed by atoms with van der Waals surface area (Å²) < 4.78 is 0. The van der Waals surface area contributed by atoms with E-state index in [-0.39, 0.29) is 6.10 Å². The number of pyridine rings is 1. The van der Waals surface area contributed by atoms with Gasteiger partial charge in [0.25, 0.3) is 0 Å². The van der Waals surface area contributed by atoms with Gasteiger partial charge < -0.3 is 10.0 Å². The van der Waals surface area contributed by atoms with Crippen molar-refractivity contribution in [1.82, 2.24) is 15.0 Å². The normalized spacial score (nSPS) is 20.5. The molecule has 0 aliphatic heterocycles. The number of aliphatic hydroxyl groups excluding tert-OH is 1. The average molecular weight is 298 g/mol. The predicted octanol–water partition coefficient (Wildman–Crippen LogP) is 2.36. The molecule has 1 aliphatic carbocycles. The molecule has 2 heterocycles. The van der Waals surface area contributed by atoms with Crippen molar-refractivity contribution in [3.05, 3.63) is 35.8 Å². The highest BCUT2D eigenvalue weighted by atomic mass is 16.3. The van der Waals surface area contributed by atoms with Crippen LogP contribution in [0.15, 0.2) is 24.5 Å². The van der Waals surface area contributed by atoms with E-state index < -0.39 is 0 Å². The maximum absolute atomic E-state index is 9.44. The summed E-state index contributed by atoms with van der Waals surface area (Å²) in [5, 5.41) is 9.44. The summed E-state index contributed by atoms with van der Waals surface area (Å²) in [7, 11) is 2.07. The van der Waals surface area contributed by atoms with Gasteiger partial charge in [0.15, 0.2) is 5.82 Å². The number of hydrogen-bond donors (Lipinski definition) is 1. The topological polar surface area (TPSA) is 62.1 Å². The molecule has 1 aliphatic rings. The van der Waals surface area contributed by atoms with E-state index in [2.05, 4.69) is 28.8 Å². The highest BCUT2D eigenvalue weighted by Crippen LogP contribution is 2.30. The first-order valence-electron chi connectivity index (χ1n) is 7.69. The first kappa shape index (κ1) is 14.9. The van der Waals surface area contributed by atoms with Crippen LogP contribution in [0.25, 0.3) is 11.4 Å². The van der Waals surface area contributed by atoms with Crippen molar-refractivity contribution in [3.63, 3.8) is 0 Å². The van der Waals surface area contributed by atoms with Crippen LogP contribution in [0.3, 0.4) is 0 Å². The molecular weight excluding hydrogens is 276 g/mol. The zero-order valence-corrected chi connectivity index (χ0v) is 13.3. The third-order valence-electron chi connectivity index (χ3n) is 4.41. The Morgan fingerprint density at radius 3 is 2.50 bits per heavy atom. The minimum atomic E-state index is -0.112. The number of rotatable bonds is 4. The van der Waals surface area contributed by atoms with Crippen molar-refractivity contribution in [1.29, 1.82) is 0 Å². The monoisotopic (exact) mass is 298 g/mol. The van der Waals surface area contributed by atoms with Gasteiger partial charge in [-0.2, -0.15) is 0 Å². The largest absolute Gasteiger partial charge is 0.393 e. The van der Waals surface area contributed by atoms with E-state index in [4.69, 9.17) is 4.98 Å². The van der Waals surface area contributed by atoms with Gasteiger partial charge in [-0.1, -0.05) is 0 Å². The predicted molar refractivity (Wildman–Crippen MR) is 86.7 cm³/mol. The van der Waals surface area contributed by atoms with E-state index in [1.807, 2.05) is 19.1 Å². The number of nitrogens with zero attached hydrogens (tertiary/aromatic N) is 4. The molecule has 0 spiro atoms. The number of anilines is 1. The van der Waals surface area contributed by atoms with Crippen LogP contribution in [0.5, 0.6) is 0 Å². The highest BCUT2D eigenvalue weighted by Gasteiger charge is 2.28. The van der Waals surface area contributed by atoms with Crippen LogP contribution in [0, 0.1) is 19.8 Å². The van der Waals surface area contributed by atoms with Crippen LogP contribution in [-0.2, 0) is 0 Å². The minimum Gasteiger partial charge on any atom is -0.393 e. The fraction of sp³-hybridized carbons (Fsp3) is 0.471. The first-order valence-corrected chi connectivity index (χ1v) is 7.69. The number of hydrogen-bond acceptors (Lipinski definition) is 5. The zero-order chi connectivity index (χ0) is 15.7. The fourth-order valence-corrected chi connectivity index (χ4v) is 2.94. The molecule has 0 unspecified atom stereocenters. The maximum atomic E-state index is 9.44. The highest BCUT2D eigenvalue weighted by molar-refractivity contribution is 5.59. The zero-order valence-electron chi connectivity index (χ0n) is 13.3. The second kappa shape index (κ2) is 6.01. The molecular formula is C17H22N4O. The standard InChI is InChI=1S/C17H22N4O/c1-11-12(2)19-16(14-4-6-18-7-5-14)20-17(11)21(3)10-13-8-15(22)9-13/h4-7,13,15,22H,8-10H2,1-3H3.